The Labute approximate surface area is 179 Å². The summed E-state index contributed by atoms with van der Waals surface area (Å²) in [5.41, 5.74) is 7.79. The number of hydrogen-bond acceptors (Lipinski definition) is 3. The molecule has 5 heteroatoms. The van der Waals surface area contributed by atoms with Gasteiger partial charge in [-0.3, -0.25) is 4.79 Å². The van der Waals surface area contributed by atoms with E-state index < -0.39 is 0 Å². The van der Waals surface area contributed by atoms with Gasteiger partial charge in [-0.05, 0) is 60.4 Å². The molecule has 0 saturated carbocycles. The van der Waals surface area contributed by atoms with Crippen LogP contribution in [0.25, 0.3) is 0 Å². The largest absolute Gasteiger partial charge is 0.489 e. The molecule has 0 bridgehead atoms. The maximum Gasteiger partial charge on any atom is 0.244 e. The summed E-state index contributed by atoms with van der Waals surface area (Å²) in [4.78, 5) is 12.2. The highest BCUT2D eigenvalue weighted by molar-refractivity contribution is 9.10. The second kappa shape index (κ2) is 10.0. The quantitative estimate of drug-likeness (QED) is 0.390. The Kier molecular flexibility index (Phi) is 7.19. The van der Waals surface area contributed by atoms with E-state index in [1.54, 1.807) is 6.21 Å². The van der Waals surface area contributed by atoms with Gasteiger partial charge in [0.25, 0.3) is 0 Å². The Morgan fingerprint density at radius 1 is 1.07 bits per heavy atom. The van der Waals surface area contributed by atoms with Gasteiger partial charge < -0.3 is 4.74 Å². The first-order valence-corrected chi connectivity index (χ1v) is 10.1. The van der Waals surface area contributed by atoms with Crippen LogP contribution in [0, 0.1) is 13.8 Å². The van der Waals surface area contributed by atoms with Gasteiger partial charge in [-0.25, -0.2) is 5.43 Å². The normalized spacial score (nSPS) is 10.9. The van der Waals surface area contributed by atoms with Gasteiger partial charge in [-0.15, -0.1) is 0 Å². The maximum absolute atomic E-state index is 12.2. The van der Waals surface area contributed by atoms with Crippen molar-refractivity contribution in [2.24, 2.45) is 5.10 Å². The first-order chi connectivity index (χ1) is 14.0. The topological polar surface area (TPSA) is 50.7 Å². The van der Waals surface area contributed by atoms with Crippen molar-refractivity contribution in [3.8, 4) is 5.75 Å². The predicted octanol–water partition coefficient (Wildman–Crippen LogP) is 5.34. The Bertz CT molecular complexity index is 1010. The number of hydrogen-bond donors (Lipinski definition) is 1. The summed E-state index contributed by atoms with van der Waals surface area (Å²) in [7, 11) is 0. The van der Waals surface area contributed by atoms with Crippen LogP contribution in [0.3, 0.4) is 0 Å². The molecule has 0 atom stereocenters. The molecule has 0 fully saturated rings. The van der Waals surface area contributed by atoms with Crippen LogP contribution in [0.2, 0.25) is 0 Å². The van der Waals surface area contributed by atoms with E-state index in [0.717, 1.165) is 38.0 Å². The molecule has 3 aromatic carbocycles. The van der Waals surface area contributed by atoms with Crippen molar-refractivity contribution in [2.75, 3.05) is 0 Å². The second-order valence-corrected chi connectivity index (χ2v) is 7.80. The lowest BCUT2D eigenvalue weighted by Gasteiger charge is -2.07. The third-order valence-corrected chi connectivity index (χ3v) is 4.96. The number of ether oxygens (including phenoxy) is 1. The van der Waals surface area contributed by atoms with Crippen molar-refractivity contribution in [1.82, 2.24) is 5.43 Å². The molecule has 4 nitrogen and oxygen atoms in total. The van der Waals surface area contributed by atoms with Crippen molar-refractivity contribution >= 4 is 28.1 Å². The summed E-state index contributed by atoms with van der Waals surface area (Å²) in [6.45, 7) is 4.51. The van der Waals surface area contributed by atoms with Crippen molar-refractivity contribution in [3.63, 3.8) is 0 Å². The average Bonchev–Trinajstić information content (AvgIpc) is 2.71. The number of nitrogens with one attached hydrogen (secondary N) is 1. The molecule has 148 valence electrons. The molecule has 1 amide bonds. The fourth-order valence-corrected chi connectivity index (χ4v) is 3.08. The Morgan fingerprint density at radius 2 is 1.86 bits per heavy atom. The van der Waals surface area contributed by atoms with E-state index in [-0.39, 0.29) is 5.91 Å². The number of nitrogens with zero attached hydrogens (tertiary/aromatic N) is 1. The number of carbonyl (C=O) groups excluding carboxylic acids is 1. The smallest absolute Gasteiger partial charge is 0.244 e. The van der Waals surface area contributed by atoms with Crippen LogP contribution in [0.4, 0.5) is 0 Å². The van der Waals surface area contributed by atoms with Crippen molar-refractivity contribution in [2.45, 2.75) is 26.9 Å². The van der Waals surface area contributed by atoms with Gasteiger partial charge in [0.2, 0.25) is 5.91 Å². The van der Waals surface area contributed by atoms with Gasteiger partial charge in [0.05, 0.1) is 12.6 Å². The fourth-order valence-electron chi connectivity index (χ4n) is 2.81. The van der Waals surface area contributed by atoms with E-state index in [0.29, 0.717) is 13.0 Å². The zero-order chi connectivity index (χ0) is 20.6. The number of amides is 1. The molecule has 29 heavy (non-hydrogen) atoms. The molecular weight excluding hydrogens is 428 g/mol. The first-order valence-electron chi connectivity index (χ1n) is 9.35. The summed E-state index contributed by atoms with van der Waals surface area (Å²) in [5, 5.41) is 4.07. The Balaban J connectivity index is 1.53. The van der Waals surface area contributed by atoms with Gasteiger partial charge in [0.1, 0.15) is 12.4 Å². The number of hydrazone groups is 1. The van der Waals surface area contributed by atoms with Gasteiger partial charge in [0, 0.05) is 4.47 Å². The lowest BCUT2D eigenvalue weighted by molar-refractivity contribution is -0.120. The van der Waals surface area contributed by atoms with E-state index in [1.165, 1.54) is 0 Å². The van der Waals surface area contributed by atoms with Gasteiger partial charge in [-0.2, -0.15) is 5.10 Å². The Hall–Kier alpha value is -2.92. The predicted molar refractivity (Wildman–Crippen MR) is 120 cm³/mol. The molecule has 0 aliphatic heterocycles. The zero-order valence-corrected chi connectivity index (χ0v) is 18.1. The highest BCUT2D eigenvalue weighted by atomic mass is 79.9. The molecule has 1 N–H and O–H groups in total. The average molecular weight is 451 g/mol. The minimum absolute atomic E-state index is 0.141. The van der Waals surface area contributed by atoms with Crippen LogP contribution in [-0.2, 0) is 17.8 Å². The zero-order valence-electron chi connectivity index (χ0n) is 16.5. The summed E-state index contributed by atoms with van der Waals surface area (Å²) < 4.78 is 6.88. The molecule has 0 aromatic heterocycles. The van der Waals surface area contributed by atoms with Gasteiger partial charge >= 0.3 is 0 Å². The number of carbonyl (C=O) groups is 1. The molecule has 3 rings (SSSR count). The van der Waals surface area contributed by atoms with Gasteiger partial charge in [0.15, 0.2) is 0 Å². The van der Waals surface area contributed by atoms with E-state index in [9.17, 15) is 4.79 Å². The lowest BCUT2D eigenvalue weighted by atomic mass is 10.0. The monoisotopic (exact) mass is 450 g/mol. The van der Waals surface area contributed by atoms with Crippen molar-refractivity contribution in [3.05, 3.63) is 99.0 Å². The van der Waals surface area contributed by atoms with Crippen LogP contribution in [0.1, 0.15) is 27.8 Å². The highest BCUT2D eigenvalue weighted by Gasteiger charge is 2.05. The van der Waals surface area contributed by atoms with Crippen molar-refractivity contribution in [1.29, 1.82) is 0 Å². The molecule has 0 aliphatic carbocycles. The molecular formula is C24H23BrN2O2. The maximum atomic E-state index is 12.2. The first kappa shape index (κ1) is 20.8. The lowest BCUT2D eigenvalue weighted by Crippen LogP contribution is -2.20. The summed E-state index contributed by atoms with van der Waals surface area (Å²) in [6, 6.07) is 21.7. The highest BCUT2D eigenvalue weighted by Crippen LogP contribution is 2.16. The minimum atomic E-state index is -0.141. The van der Waals surface area contributed by atoms with E-state index in [2.05, 4.69) is 26.5 Å². The SMILES string of the molecule is Cc1ccc(C)c(CC(=O)N/N=C/c2cccc(OCc3ccc(Br)cc3)c2)c1. The molecule has 3 aromatic rings. The van der Waals surface area contributed by atoms with Crippen LogP contribution < -0.4 is 10.2 Å². The number of benzene rings is 3. The molecule has 0 radical (unpaired) electrons. The third kappa shape index (κ3) is 6.57. The van der Waals surface area contributed by atoms with E-state index >= 15 is 0 Å². The van der Waals surface area contributed by atoms with E-state index in [1.807, 2.05) is 80.6 Å². The molecule has 0 saturated heterocycles. The third-order valence-electron chi connectivity index (χ3n) is 4.44. The van der Waals surface area contributed by atoms with Crippen LogP contribution in [0.5, 0.6) is 5.75 Å². The van der Waals surface area contributed by atoms with Crippen molar-refractivity contribution < 1.29 is 9.53 Å². The summed E-state index contributed by atoms with van der Waals surface area (Å²) >= 11 is 3.42. The Morgan fingerprint density at radius 3 is 2.66 bits per heavy atom. The van der Waals surface area contributed by atoms with Crippen LogP contribution in [-0.4, -0.2) is 12.1 Å². The van der Waals surface area contributed by atoms with E-state index in [4.69, 9.17) is 4.74 Å². The van der Waals surface area contributed by atoms with Gasteiger partial charge in [-0.1, -0.05) is 64.0 Å². The number of halogens is 1. The second-order valence-electron chi connectivity index (χ2n) is 6.89. The van der Waals surface area contributed by atoms with Crippen LogP contribution >= 0.6 is 15.9 Å². The number of aryl methyl sites for hydroxylation is 2. The summed E-state index contributed by atoms with van der Waals surface area (Å²) in [5.74, 6) is 0.608. The molecule has 0 spiro atoms. The molecule has 0 unspecified atom stereocenters. The minimum Gasteiger partial charge on any atom is -0.489 e. The molecule has 0 aliphatic rings. The summed E-state index contributed by atoms with van der Waals surface area (Å²) in [6.07, 6.45) is 1.93. The molecule has 0 heterocycles. The standard InChI is InChI=1S/C24H23BrN2O2/c1-17-6-7-18(2)21(12-17)14-24(28)27-26-15-20-4-3-5-23(13-20)29-16-19-8-10-22(25)11-9-19/h3-13,15H,14,16H2,1-2H3,(H,27,28)/b26-15+. The van der Waals surface area contributed by atoms with Crippen LogP contribution in [0.15, 0.2) is 76.3 Å². The number of rotatable bonds is 7. The fraction of sp³-hybridized carbons (Fsp3) is 0.167.